The maximum atomic E-state index is 13.2. The van der Waals surface area contributed by atoms with Crippen LogP contribution in [-0.2, 0) is 19.5 Å². The second kappa shape index (κ2) is 7.31. The number of hydrogen-bond donors (Lipinski definition) is 2. The molecule has 1 fully saturated rings. The van der Waals surface area contributed by atoms with Crippen molar-refractivity contribution in [2.24, 2.45) is 5.92 Å². The largest absolute Gasteiger partial charge is 0.334 e. The van der Waals surface area contributed by atoms with Crippen molar-refractivity contribution in [2.75, 3.05) is 19.6 Å². The molecule has 27 heavy (non-hydrogen) atoms. The fraction of sp³-hybridized carbons (Fsp3) is 0.550. The molecule has 1 amide bonds. The summed E-state index contributed by atoms with van der Waals surface area (Å²) in [7, 11) is 0. The van der Waals surface area contributed by atoms with Gasteiger partial charge in [-0.05, 0) is 57.3 Å². The van der Waals surface area contributed by atoms with E-state index in [2.05, 4.69) is 15.5 Å². The molecule has 2 aliphatic rings. The third-order valence-electron chi connectivity index (χ3n) is 5.86. The van der Waals surface area contributed by atoms with Crippen LogP contribution in [0, 0.1) is 19.8 Å². The van der Waals surface area contributed by atoms with E-state index >= 15 is 0 Å². The van der Waals surface area contributed by atoms with Crippen LogP contribution in [0.5, 0.6) is 0 Å². The van der Waals surface area contributed by atoms with Gasteiger partial charge in [0.2, 0.25) is 0 Å². The summed E-state index contributed by atoms with van der Waals surface area (Å²) < 4.78 is 1.72. The number of aromatic amines is 1. The number of fused-ring (bicyclic) bond motifs is 1. The van der Waals surface area contributed by atoms with E-state index in [0.29, 0.717) is 31.1 Å². The molecule has 7 heteroatoms. The van der Waals surface area contributed by atoms with Crippen molar-refractivity contribution in [3.05, 3.63) is 50.7 Å². The standard InChI is InChI=1S/C20H27N5O2/c1-13-5-8-24(11-15-4-3-7-21-10-15)19(26)18(13)20(27)25-9-6-17-16(12-25)14(2)22-23-17/h5,8,15,21H,3-4,6-7,9-12H2,1-2H3,(H,22,23). The highest BCUT2D eigenvalue weighted by molar-refractivity contribution is 5.95. The van der Waals surface area contributed by atoms with Crippen molar-refractivity contribution >= 4 is 5.91 Å². The Morgan fingerprint density at radius 2 is 2.22 bits per heavy atom. The van der Waals surface area contributed by atoms with E-state index in [1.807, 2.05) is 26.1 Å². The van der Waals surface area contributed by atoms with Gasteiger partial charge in [0.05, 0.1) is 5.69 Å². The Labute approximate surface area is 158 Å². The third kappa shape index (κ3) is 3.43. The molecule has 1 atom stereocenters. The lowest BCUT2D eigenvalue weighted by molar-refractivity contribution is 0.0730. The van der Waals surface area contributed by atoms with Gasteiger partial charge in [-0.3, -0.25) is 14.7 Å². The first-order valence-electron chi connectivity index (χ1n) is 9.77. The van der Waals surface area contributed by atoms with Gasteiger partial charge in [-0.1, -0.05) is 0 Å². The van der Waals surface area contributed by atoms with Crippen LogP contribution in [0.4, 0.5) is 0 Å². The van der Waals surface area contributed by atoms with E-state index in [9.17, 15) is 9.59 Å². The summed E-state index contributed by atoms with van der Waals surface area (Å²) in [5.74, 6) is 0.271. The molecule has 0 aliphatic carbocycles. The highest BCUT2D eigenvalue weighted by atomic mass is 16.2. The molecule has 4 heterocycles. The van der Waals surface area contributed by atoms with Crippen molar-refractivity contribution in [3.8, 4) is 0 Å². The number of amides is 1. The summed E-state index contributed by atoms with van der Waals surface area (Å²) in [6.45, 7) is 7.56. The van der Waals surface area contributed by atoms with Gasteiger partial charge >= 0.3 is 0 Å². The maximum Gasteiger partial charge on any atom is 0.263 e. The molecule has 144 valence electrons. The highest BCUT2D eigenvalue weighted by Gasteiger charge is 2.28. The number of H-pyrrole nitrogens is 1. The van der Waals surface area contributed by atoms with E-state index in [0.717, 1.165) is 54.9 Å². The van der Waals surface area contributed by atoms with E-state index in [-0.39, 0.29) is 11.5 Å². The van der Waals surface area contributed by atoms with Crippen LogP contribution in [0.3, 0.4) is 0 Å². The number of rotatable bonds is 3. The number of aryl methyl sites for hydroxylation is 2. The SMILES string of the molecule is Cc1ccn(CC2CCCNC2)c(=O)c1C(=O)N1CCc2n[nH]c(C)c2C1. The number of carbonyl (C=O) groups excluding carboxylic acids is 1. The van der Waals surface area contributed by atoms with E-state index < -0.39 is 0 Å². The van der Waals surface area contributed by atoms with Crippen LogP contribution < -0.4 is 10.9 Å². The van der Waals surface area contributed by atoms with Gasteiger partial charge < -0.3 is 14.8 Å². The fourth-order valence-electron chi connectivity index (χ4n) is 4.19. The summed E-state index contributed by atoms with van der Waals surface area (Å²) >= 11 is 0. The number of nitrogens with zero attached hydrogens (tertiary/aromatic N) is 3. The third-order valence-corrected chi connectivity index (χ3v) is 5.86. The lowest BCUT2D eigenvalue weighted by atomic mass is 9.99. The zero-order valence-electron chi connectivity index (χ0n) is 16.0. The Morgan fingerprint density at radius 1 is 1.37 bits per heavy atom. The molecule has 2 aromatic rings. The fourth-order valence-corrected chi connectivity index (χ4v) is 4.19. The average molecular weight is 369 g/mol. The minimum Gasteiger partial charge on any atom is -0.334 e. The summed E-state index contributed by atoms with van der Waals surface area (Å²) in [5, 5.41) is 10.7. The van der Waals surface area contributed by atoms with Crippen LogP contribution in [0.15, 0.2) is 17.1 Å². The van der Waals surface area contributed by atoms with Gasteiger partial charge in [0.15, 0.2) is 0 Å². The van der Waals surface area contributed by atoms with Gasteiger partial charge in [0, 0.05) is 43.5 Å². The molecule has 0 radical (unpaired) electrons. The van der Waals surface area contributed by atoms with Crippen molar-refractivity contribution in [1.82, 2.24) is 25.0 Å². The molecule has 2 aliphatic heterocycles. The maximum absolute atomic E-state index is 13.2. The molecule has 1 saturated heterocycles. The monoisotopic (exact) mass is 369 g/mol. The zero-order chi connectivity index (χ0) is 19.0. The first kappa shape index (κ1) is 18.0. The lowest BCUT2D eigenvalue weighted by Gasteiger charge is -2.28. The van der Waals surface area contributed by atoms with Crippen LogP contribution in [-0.4, -0.2) is 45.2 Å². The molecule has 7 nitrogen and oxygen atoms in total. The molecule has 0 spiro atoms. The second-order valence-corrected chi connectivity index (χ2v) is 7.79. The quantitative estimate of drug-likeness (QED) is 0.856. The van der Waals surface area contributed by atoms with E-state index in [4.69, 9.17) is 0 Å². The Hall–Kier alpha value is -2.41. The van der Waals surface area contributed by atoms with Gasteiger partial charge in [-0.2, -0.15) is 5.10 Å². The molecule has 0 aromatic carbocycles. The van der Waals surface area contributed by atoms with Crippen LogP contribution >= 0.6 is 0 Å². The number of aromatic nitrogens is 3. The normalized spacial score (nSPS) is 19.8. The predicted octanol–water partition coefficient (Wildman–Crippen LogP) is 1.39. The number of piperidine rings is 1. The summed E-state index contributed by atoms with van der Waals surface area (Å²) in [5.41, 5.74) is 4.00. The Balaban J connectivity index is 1.59. The number of carbonyl (C=O) groups is 1. The molecule has 0 bridgehead atoms. The summed E-state index contributed by atoms with van der Waals surface area (Å²) in [6.07, 6.45) is 4.80. The number of pyridine rings is 1. The van der Waals surface area contributed by atoms with Crippen LogP contribution in [0.2, 0.25) is 0 Å². The van der Waals surface area contributed by atoms with Crippen molar-refractivity contribution in [2.45, 2.75) is 46.2 Å². The van der Waals surface area contributed by atoms with E-state index in [1.165, 1.54) is 0 Å². The average Bonchev–Trinajstić information content (AvgIpc) is 3.05. The molecule has 4 rings (SSSR count). The minimum atomic E-state index is -0.167. The molecule has 2 aromatic heterocycles. The zero-order valence-corrected chi connectivity index (χ0v) is 16.0. The second-order valence-electron chi connectivity index (χ2n) is 7.79. The Morgan fingerprint density at radius 3 is 3.00 bits per heavy atom. The van der Waals surface area contributed by atoms with Crippen LogP contribution in [0.25, 0.3) is 0 Å². The lowest BCUT2D eigenvalue weighted by Crippen LogP contribution is -2.41. The first-order chi connectivity index (χ1) is 13.0. The summed E-state index contributed by atoms with van der Waals surface area (Å²) in [6, 6.07) is 1.89. The van der Waals surface area contributed by atoms with Gasteiger partial charge in [-0.15, -0.1) is 0 Å². The molecule has 1 unspecified atom stereocenters. The Bertz CT molecular complexity index is 908. The minimum absolute atomic E-state index is 0.166. The van der Waals surface area contributed by atoms with Gasteiger partial charge in [0.25, 0.3) is 11.5 Å². The summed E-state index contributed by atoms with van der Waals surface area (Å²) in [4.78, 5) is 28.1. The van der Waals surface area contributed by atoms with Gasteiger partial charge in [-0.25, -0.2) is 0 Å². The number of nitrogens with one attached hydrogen (secondary N) is 2. The van der Waals surface area contributed by atoms with E-state index in [1.54, 1.807) is 9.47 Å². The molecule has 2 N–H and O–H groups in total. The molecular formula is C20H27N5O2. The van der Waals surface area contributed by atoms with Crippen molar-refractivity contribution in [3.63, 3.8) is 0 Å². The molecule has 0 saturated carbocycles. The Kier molecular flexibility index (Phi) is 4.86. The van der Waals surface area contributed by atoms with Gasteiger partial charge in [0.1, 0.15) is 5.56 Å². The highest BCUT2D eigenvalue weighted by Crippen LogP contribution is 2.21. The van der Waals surface area contributed by atoms with Crippen molar-refractivity contribution < 1.29 is 4.79 Å². The number of hydrogen-bond acceptors (Lipinski definition) is 4. The topological polar surface area (TPSA) is 83.0 Å². The predicted molar refractivity (Wildman–Crippen MR) is 103 cm³/mol. The van der Waals surface area contributed by atoms with Crippen LogP contribution in [0.1, 0.15) is 45.7 Å². The van der Waals surface area contributed by atoms with Crippen molar-refractivity contribution in [1.29, 1.82) is 0 Å². The smallest absolute Gasteiger partial charge is 0.263 e. The molecular weight excluding hydrogens is 342 g/mol. The first-order valence-corrected chi connectivity index (χ1v) is 9.77.